The molecule has 1 unspecified atom stereocenters. The largest absolute Gasteiger partial charge is 0.487 e. The number of ether oxygens (including phenoxy) is 1. The van der Waals surface area contributed by atoms with Gasteiger partial charge in [0.25, 0.3) is 0 Å². The van der Waals surface area contributed by atoms with Gasteiger partial charge in [0, 0.05) is 23.6 Å². The quantitative estimate of drug-likeness (QED) is 0.487. The van der Waals surface area contributed by atoms with Crippen LogP contribution in [0.3, 0.4) is 0 Å². The smallest absolute Gasteiger partial charge is 0.128 e. The summed E-state index contributed by atoms with van der Waals surface area (Å²) >= 11 is 5.98. The summed E-state index contributed by atoms with van der Waals surface area (Å²) in [5.41, 5.74) is 2.54. The summed E-state index contributed by atoms with van der Waals surface area (Å²) in [6.45, 7) is 4.12. The molecule has 0 spiro atoms. The summed E-state index contributed by atoms with van der Waals surface area (Å²) in [6.07, 6.45) is 5.23. The van der Waals surface area contributed by atoms with Gasteiger partial charge >= 0.3 is 0 Å². The lowest BCUT2D eigenvalue weighted by atomic mass is 9.94. The van der Waals surface area contributed by atoms with Gasteiger partial charge in [-0.1, -0.05) is 29.8 Å². The molecule has 1 aromatic heterocycles. The molecule has 0 amide bonds. The Labute approximate surface area is 172 Å². The minimum atomic E-state index is 0.572. The van der Waals surface area contributed by atoms with Crippen molar-refractivity contribution >= 4 is 22.5 Å². The van der Waals surface area contributed by atoms with Crippen LogP contribution in [0.5, 0.6) is 5.75 Å². The van der Waals surface area contributed by atoms with E-state index < -0.39 is 0 Å². The molecule has 0 aliphatic carbocycles. The predicted octanol–water partition coefficient (Wildman–Crippen LogP) is 6.00. The molecule has 1 aliphatic heterocycles. The van der Waals surface area contributed by atoms with Crippen LogP contribution < -0.4 is 4.74 Å². The first kappa shape index (κ1) is 19.4. The second-order valence-electron chi connectivity index (χ2n) is 8.00. The average Bonchev–Trinajstić information content (AvgIpc) is 3.05. The Bertz CT molecular complexity index is 903. The first-order valence-corrected chi connectivity index (χ1v) is 10.7. The molecule has 148 valence electrons. The zero-order valence-electron chi connectivity index (χ0n) is 16.6. The van der Waals surface area contributed by atoms with E-state index in [4.69, 9.17) is 16.3 Å². The van der Waals surface area contributed by atoms with Crippen LogP contribution in [0.2, 0.25) is 5.02 Å². The second kappa shape index (κ2) is 9.02. The minimum absolute atomic E-state index is 0.572. The van der Waals surface area contributed by atoms with Crippen LogP contribution in [0.4, 0.5) is 0 Å². The third kappa shape index (κ3) is 4.71. The van der Waals surface area contributed by atoms with E-state index in [2.05, 4.69) is 46.8 Å². The first-order chi connectivity index (χ1) is 13.7. The number of likely N-dealkylation sites (tertiary alicyclic amines) is 1. The molecule has 4 rings (SSSR count). The fourth-order valence-corrected chi connectivity index (χ4v) is 4.51. The van der Waals surface area contributed by atoms with Gasteiger partial charge < -0.3 is 14.2 Å². The Morgan fingerprint density at radius 3 is 2.75 bits per heavy atom. The van der Waals surface area contributed by atoms with Crippen molar-refractivity contribution in [3.05, 3.63) is 65.3 Å². The van der Waals surface area contributed by atoms with Crippen molar-refractivity contribution in [1.82, 2.24) is 9.47 Å². The summed E-state index contributed by atoms with van der Waals surface area (Å²) in [6, 6.07) is 18.5. The van der Waals surface area contributed by atoms with Gasteiger partial charge in [-0.3, -0.25) is 0 Å². The topological polar surface area (TPSA) is 17.4 Å². The number of benzene rings is 2. The van der Waals surface area contributed by atoms with Crippen LogP contribution in [0.15, 0.2) is 54.6 Å². The van der Waals surface area contributed by atoms with E-state index >= 15 is 0 Å². The third-order valence-electron chi connectivity index (χ3n) is 5.81. The Hall–Kier alpha value is -1.97. The summed E-state index contributed by atoms with van der Waals surface area (Å²) in [7, 11) is 2.25. The maximum absolute atomic E-state index is 6.04. The van der Waals surface area contributed by atoms with E-state index in [9.17, 15) is 0 Å². The highest BCUT2D eigenvalue weighted by Crippen LogP contribution is 2.25. The summed E-state index contributed by atoms with van der Waals surface area (Å²) in [5, 5.41) is 2.02. The number of piperidine rings is 1. The predicted molar refractivity (Wildman–Crippen MR) is 117 cm³/mol. The second-order valence-corrected chi connectivity index (χ2v) is 8.44. The molecule has 2 heterocycles. The van der Waals surface area contributed by atoms with Crippen molar-refractivity contribution in [3.8, 4) is 5.75 Å². The van der Waals surface area contributed by atoms with Gasteiger partial charge in [0.15, 0.2) is 0 Å². The number of aryl methyl sites for hydroxylation is 1. The van der Waals surface area contributed by atoms with Crippen LogP contribution in [-0.4, -0.2) is 29.6 Å². The zero-order valence-corrected chi connectivity index (χ0v) is 17.4. The standard InChI is InChI=1S/C24H29ClN2O/c1-26-14-4-6-19(17-26)7-5-15-27-22(16-20-8-2-3-9-24(20)27)18-28-23-12-10-21(25)11-13-23/h2-3,8-13,16,19H,4-7,14-15,17-18H2,1H3. The maximum Gasteiger partial charge on any atom is 0.128 e. The summed E-state index contributed by atoms with van der Waals surface area (Å²) in [5.74, 6) is 1.70. The number of nitrogens with zero attached hydrogens (tertiary/aromatic N) is 2. The Morgan fingerprint density at radius 1 is 1.11 bits per heavy atom. The van der Waals surface area contributed by atoms with Gasteiger partial charge in [-0.25, -0.2) is 0 Å². The van der Waals surface area contributed by atoms with Gasteiger partial charge in [-0.05, 0) is 87.0 Å². The van der Waals surface area contributed by atoms with Gasteiger partial charge in [0.05, 0.1) is 5.69 Å². The van der Waals surface area contributed by atoms with Crippen LogP contribution in [0.25, 0.3) is 10.9 Å². The molecule has 1 aliphatic rings. The van der Waals surface area contributed by atoms with Crippen molar-refractivity contribution in [2.24, 2.45) is 5.92 Å². The molecule has 0 bridgehead atoms. The number of halogens is 1. The van der Waals surface area contributed by atoms with E-state index in [1.165, 1.54) is 55.4 Å². The van der Waals surface area contributed by atoms with E-state index in [0.29, 0.717) is 6.61 Å². The third-order valence-corrected chi connectivity index (χ3v) is 6.06. The number of hydrogen-bond acceptors (Lipinski definition) is 2. The van der Waals surface area contributed by atoms with Crippen molar-refractivity contribution in [3.63, 3.8) is 0 Å². The van der Waals surface area contributed by atoms with Crippen LogP contribution >= 0.6 is 11.6 Å². The van der Waals surface area contributed by atoms with Crippen LogP contribution in [0.1, 0.15) is 31.4 Å². The number of hydrogen-bond donors (Lipinski definition) is 0. The normalized spacial score (nSPS) is 17.9. The molecule has 0 saturated carbocycles. The van der Waals surface area contributed by atoms with Gasteiger partial charge in [0.2, 0.25) is 0 Å². The van der Waals surface area contributed by atoms with Crippen LogP contribution in [0, 0.1) is 5.92 Å². The Balaban J connectivity index is 1.44. The zero-order chi connectivity index (χ0) is 19.3. The molecule has 1 saturated heterocycles. The molecule has 1 fully saturated rings. The van der Waals surface area contributed by atoms with E-state index in [-0.39, 0.29) is 0 Å². The molecule has 0 N–H and O–H groups in total. The highest BCUT2D eigenvalue weighted by Gasteiger charge is 2.17. The molecule has 2 aromatic carbocycles. The molecule has 0 radical (unpaired) electrons. The highest BCUT2D eigenvalue weighted by atomic mass is 35.5. The number of para-hydroxylation sites is 1. The van der Waals surface area contributed by atoms with Crippen LogP contribution in [-0.2, 0) is 13.2 Å². The van der Waals surface area contributed by atoms with Crippen molar-refractivity contribution < 1.29 is 4.74 Å². The van der Waals surface area contributed by atoms with Crippen molar-refractivity contribution in [2.75, 3.05) is 20.1 Å². The molecule has 28 heavy (non-hydrogen) atoms. The molecule has 3 nitrogen and oxygen atoms in total. The summed E-state index contributed by atoms with van der Waals surface area (Å²) in [4.78, 5) is 2.48. The maximum atomic E-state index is 6.04. The number of aromatic nitrogens is 1. The number of rotatable bonds is 7. The monoisotopic (exact) mass is 396 g/mol. The first-order valence-electron chi connectivity index (χ1n) is 10.3. The van der Waals surface area contributed by atoms with E-state index in [1.807, 2.05) is 24.3 Å². The SMILES string of the molecule is CN1CCCC(CCCn2c(COc3ccc(Cl)cc3)cc3ccccc32)C1. The van der Waals surface area contributed by atoms with Crippen molar-refractivity contribution in [2.45, 2.75) is 38.8 Å². The lowest BCUT2D eigenvalue weighted by Crippen LogP contribution is -2.32. The fourth-order valence-electron chi connectivity index (χ4n) is 4.39. The number of fused-ring (bicyclic) bond motifs is 1. The molecule has 1 atom stereocenters. The fraction of sp³-hybridized carbons (Fsp3) is 0.417. The highest BCUT2D eigenvalue weighted by molar-refractivity contribution is 6.30. The minimum Gasteiger partial charge on any atom is -0.487 e. The molecule has 3 aromatic rings. The lowest BCUT2D eigenvalue weighted by molar-refractivity contribution is 0.198. The van der Waals surface area contributed by atoms with Gasteiger partial charge in [0.1, 0.15) is 12.4 Å². The molecule has 4 heteroatoms. The summed E-state index contributed by atoms with van der Waals surface area (Å²) < 4.78 is 8.48. The van der Waals surface area contributed by atoms with Crippen molar-refractivity contribution in [1.29, 1.82) is 0 Å². The Kier molecular flexibility index (Phi) is 6.23. The molecular weight excluding hydrogens is 368 g/mol. The molecular formula is C24H29ClN2O. The van der Waals surface area contributed by atoms with E-state index in [1.54, 1.807) is 0 Å². The average molecular weight is 397 g/mol. The van der Waals surface area contributed by atoms with Gasteiger partial charge in [-0.2, -0.15) is 0 Å². The van der Waals surface area contributed by atoms with E-state index in [0.717, 1.165) is 23.2 Å². The van der Waals surface area contributed by atoms with Gasteiger partial charge in [-0.15, -0.1) is 0 Å². The Morgan fingerprint density at radius 2 is 1.93 bits per heavy atom. The lowest BCUT2D eigenvalue weighted by Gasteiger charge is -2.29.